The second-order valence-electron chi connectivity index (χ2n) is 8.66. The maximum absolute atomic E-state index is 12.8. The molecule has 1 aliphatic rings. The Kier molecular flexibility index (Phi) is 6.22. The average molecular weight is 511 g/mol. The molecule has 1 saturated heterocycles. The summed E-state index contributed by atoms with van der Waals surface area (Å²) in [6, 6.07) is 13.5. The van der Waals surface area contributed by atoms with E-state index in [0.717, 1.165) is 29.8 Å². The molecule has 1 atom stereocenters. The van der Waals surface area contributed by atoms with Gasteiger partial charge in [0, 0.05) is 36.7 Å². The standard InChI is InChI=1S/C24H24Cl2N8O/c1-32(2)16-10-11-33(13-16)15-8-6-14(7-9-15)29-23-28-12-17-21(27)34(24(35)31-22(17)30-23)20-18(25)4-3-5-19(20)26/h3-9,12,16,27H,10-11,13H2,1-2H3,(H2,28,29,30,31,35)/t16-/m1/s1. The Morgan fingerprint density at radius 3 is 2.51 bits per heavy atom. The number of aromatic amines is 1. The van der Waals surface area contributed by atoms with Gasteiger partial charge in [0.05, 0.1) is 21.1 Å². The highest BCUT2D eigenvalue weighted by Gasteiger charge is 2.24. The van der Waals surface area contributed by atoms with Crippen LogP contribution in [0.2, 0.25) is 10.0 Å². The van der Waals surface area contributed by atoms with Crippen LogP contribution in [0.4, 0.5) is 17.3 Å². The van der Waals surface area contributed by atoms with E-state index in [0.29, 0.717) is 17.4 Å². The van der Waals surface area contributed by atoms with Crippen molar-refractivity contribution in [2.24, 2.45) is 0 Å². The molecule has 1 fully saturated rings. The monoisotopic (exact) mass is 510 g/mol. The van der Waals surface area contributed by atoms with Crippen LogP contribution in [-0.2, 0) is 0 Å². The predicted octanol–water partition coefficient (Wildman–Crippen LogP) is 3.78. The van der Waals surface area contributed by atoms with Crippen LogP contribution < -0.4 is 21.4 Å². The lowest BCUT2D eigenvalue weighted by atomic mass is 10.2. The second kappa shape index (κ2) is 9.33. The van der Waals surface area contributed by atoms with Crippen molar-refractivity contribution in [3.8, 4) is 5.69 Å². The van der Waals surface area contributed by atoms with Gasteiger partial charge in [-0.15, -0.1) is 0 Å². The molecule has 11 heteroatoms. The Hall–Kier alpha value is -3.40. The first-order valence-electron chi connectivity index (χ1n) is 11.1. The maximum Gasteiger partial charge on any atom is 0.333 e. The fourth-order valence-electron chi connectivity index (χ4n) is 4.29. The Labute approximate surface area is 211 Å². The zero-order valence-electron chi connectivity index (χ0n) is 19.2. The summed E-state index contributed by atoms with van der Waals surface area (Å²) in [7, 11) is 4.24. The van der Waals surface area contributed by atoms with Gasteiger partial charge in [-0.2, -0.15) is 4.98 Å². The van der Waals surface area contributed by atoms with E-state index in [9.17, 15) is 4.79 Å². The molecular formula is C24H24Cl2N8O. The molecule has 35 heavy (non-hydrogen) atoms. The van der Waals surface area contributed by atoms with Gasteiger partial charge in [-0.25, -0.2) is 14.3 Å². The molecule has 0 bridgehead atoms. The molecule has 0 spiro atoms. The molecule has 2 aromatic carbocycles. The number of aromatic nitrogens is 4. The first kappa shape index (κ1) is 23.3. The van der Waals surface area contributed by atoms with Gasteiger partial charge >= 0.3 is 5.69 Å². The Morgan fingerprint density at radius 2 is 1.86 bits per heavy atom. The van der Waals surface area contributed by atoms with Gasteiger partial charge in [0.25, 0.3) is 0 Å². The van der Waals surface area contributed by atoms with Crippen LogP contribution in [0.5, 0.6) is 0 Å². The predicted molar refractivity (Wildman–Crippen MR) is 139 cm³/mol. The first-order chi connectivity index (χ1) is 16.8. The van der Waals surface area contributed by atoms with Gasteiger partial charge in [0.2, 0.25) is 5.95 Å². The van der Waals surface area contributed by atoms with E-state index in [1.165, 1.54) is 11.9 Å². The summed E-state index contributed by atoms with van der Waals surface area (Å²) in [6.45, 7) is 2.04. The number of hydrogen-bond donors (Lipinski definition) is 3. The van der Waals surface area contributed by atoms with E-state index < -0.39 is 5.69 Å². The summed E-state index contributed by atoms with van der Waals surface area (Å²) in [5, 5.41) is 12.6. The van der Waals surface area contributed by atoms with Gasteiger partial charge in [0.1, 0.15) is 5.49 Å². The quantitative estimate of drug-likeness (QED) is 0.377. The van der Waals surface area contributed by atoms with Crippen molar-refractivity contribution in [1.29, 1.82) is 5.41 Å². The SMILES string of the molecule is CN(C)[C@@H]1CCN(c2ccc(Nc3ncc4c(=N)n(-c5c(Cl)cccc5Cl)c(=O)[nH]c4n3)cc2)C1. The van der Waals surface area contributed by atoms with E-state index in [-0.39, 0.29) is 26.9 Å². The summed E-state index contributed by atoms with van der Waals surface area (Å²) < 4.78 is 1.11. The Balaban J connectivity index is 1.41. The number of anilines is 3. The maximum atomic E-state index is 12.8. The highest BCUT2D eigenvalue weighted by Crippen LogP contribution is 2.27. The third kappa shape index (κ3) is 4.50. The minimum absolute atomic E-state index is 0.115. The molecular weight excluding hydrogens is 487 g/mol. The lowest BCUT2D eigenvalue weighted by Crippen LogP contribution is -2.34. The summed E-state index contributed by atoms with van der Waals surface area (Å²) in [4.78, 5) is 28.9. The molecule has 3 heterocycles. The highest BCUT2D eigenvalue weighted by molar-refractivity contribution is 6.37. The van der Waals surface area contributed by atoms with Crippen LogP contribution in [0.25, 0.3) is 16.7 Å². The topological polar surface area (TPSA) is 106 Å². The van der Waals surface area contributed by atoms with Crippen molar-refractivity contribution >= 4 is 51.6 Å². The van der Waals surface area contributed by atoms with Crippen LogP contribution in [0.1, 0.15) is 6.42 Å². The van der Waals surface area contributed by atoms with Crippen LogP contribution in [0.15, 0.2) is 53.5 Å². The van der Waals surface area contributed by atoms with E-state index in [1.54, 1.807) is 18.2 Å². The zero-order valence-corrected chi connectivity index (χ0v) is 20.7. The molecule has 5 rings (SSSR count). The molecule has 3 N–H and O–H groups in total. The van der Waals surface area contributed by atoms with E-state index >= 15 is 0 Å². The van der Waals surface area contributed by atoms with Crippen molar-refractivity contribution in [2.45, 2.75) is 12.5 Å². The van der Waals surface area contributed by atoms with Gasteiger partial charge in [-0.3, -0.25) is 10.4 Å². The van der Waals surface area contributed by atoms with Crippen molar-refractivity contribution in [1.82, 2.24) is 24.4 Å². The number of halogens is 2. The number of H-pyrrole nitrogens is 1. The molecule has 0 unspecified atom stereocenters. The lowest BCUT2D eigenvalue weighted by molar-refractivity contribution is 0.315. The Bertz CT molecular complexity index is 1490. The number of hydrogen-bond acceptors (Lipinski definition) is 7. The number of likely N-dealkylation sites (N-methyl/N-ethyl adjacent to an activating group) is 1. The van der Waals surface area contributed by atoms with Crippen LogP contribution >= 0.6 is 23.2 Å². The van der Waals surface area contributed by atoms with E-state index in [2.05, 4.69) is 56.3 Å². The second-order valence-corrected chi connectivity index (χ2v) is 9.48. The van der Waals surface area contributed by atoms with Crippen LogP contribution in [0, 0.1) is 5.41 Å². The number of nitrogens with one attached hydrogen (secondary N) is 3. The molecule has 0 aliphatic carbocycles. The summed E-state index contributed by atoms with van der Waals surface area (Å²) >= 11 is 12.5. The van der Waals surface area contributed by atoms with E-state index in [4.69, 9.17) is 28.6 Å². The van der Waals surface area contributed by atoms with Crippen molar-refractivity contribution < 1.29 is 0 Å². The minimum Gasteiger partial charge on any atom is -0.370 e. The first-order valence-corrected chi connectivity index (χ1v) is 11.9. The number of rotatable bonds is 5. The molecule has 180 valence electrons. The molecule has 4 aromatic rings. The zero-order chi connectivity index (χ0) is 24.7. The molecule has 0 saturated carbocycles. The number of para-hydroxylation sites is 1. The van der Waals surface area contributed by atoms with Gasteiger partial charge in [0.15, 0.2) is 5.65 Å². The average Bonchev–Trinajstić information content (AvgIpc) is 3.32. The molecule has 0 radical (unpaired) electrons. The minimum atomic E-state index is -0.576. The van der Waals surface area contributed by atoms with E-state index in [1.807, 2.05) is 12.1 Å². The normalized spacial score (nSPS) is 15.8. The van der Waals surface area contributed by atoms with Gasteiger partial charge in [-0.05, 0) is 56.9 Å². The molecule has 0 amide bonds. The highest BCUT2D eigenvalue weighted by atomic mass is 35.5. The lowest BCUT2D eigenvalue weighted by Gasteiger charge is -2.22. The van der Waals surface area contributed by atoms with Crippen LogP contribution in [0.3, 0.4) is 0 Å². The largest absolute Gasteiger partial charge is 0.370 e. The van der Waals surface area contributed by atoms with Crippen molar-refractivity contribution in [3.05, 3.63) is 74.7 Å². The molecule has 1 aliphatic heterocycles. The number of fused-ring (bicyclic) bond motifs is 1. The number of benzene rings is 2. The molecule has 2 aromatic heterocycles. The number of nitrogens with zero attached hydrogens (tertiary/aromatic N) is 5. The van der Waals surface area contributed by atoms with Crippen molar-refractivity contribution in [3.63, 3.8) is 0 Å². The fraction of sp³-hybridized carbons (Fsp3) is 0.250. The van der Waals surface area contributed by atoms with Crippen molar-refractivity contribution in [2.75, 3.05) is 37.4 Å². The summed E-state index contributed by atoms with van der Waals surface area (Å²) in [5.74, 6) is 0.308. The summed E-state index contributed by atoms with van der Waals surface area (Å²) in [5.41, 5.74) is 1.77. The molecule has 9 nitrogen and oxygen atoms in total. The fourth-order valence-corrected chi connectivity index (χ4v) is 4.85. The summed E-state index contributed by atoms with van der Waals surface area (Å²) in [6.07, 6.45) is 2.64. The Morgan fingerprint density at radius 1 is 1.14 bits per heavy atom. The van der Waals surface area contributed by atoms with Gasteiger partial charge < -0.3 is 15.1 Å². The third-order valence-electron chi connectivity index (χ3n) is 6.24. The third-order valence-corrected chi connectivity index (χ3v) is 6.85. The van der Waals surface area contributed by atoms with Crippen LogP contribution in [-0.4, -0.2) is 57.6 Å². The van der Waals surface area contributed by atoms with Gasteiger partial charge in [-0.1, -0.05) is 29.3 Å². The smallest absolute Gasteiger partial charge is 0.333 e.